The van der Waals surface area contributed by atoms with E-state index in [1.54, 1.807) is 16.4 Å². The third-order valence-corrected chi connectivity index (χ3v) is 4.90. The number of hydrogen-bond donors (Lipinski definition) is 0. The highest BCUT2D eigenvalue weighted by molar-refractivity contribution is 7.98. The van der Waals surface area contributed by atoms with Crippen molar-refractivity contribution in [1.82, 2.24) is 19.9 Å². The number of aryl methyl sites for hydroxylation is 1. The van der Waals surface area contributed by atoms with E-state index in [-0.39, 0.29) is 0 Å². The van der Waals surface area contributed by atoms with Crippen molar-refractivity contribution in [2.45, 2.75) is 48.0 Å². The van der Waals surface area contributed by atoms with Gasteiger partial charge in [0.05, 0.1) is 30.1 Å². The fourth-order valence-electron chi connectivity index (χ4n) is 3.01. The highest BCUT2D eigenvalue weighted by Gasteiger charge is 2.43. The topological polar surface area (TPSA) is 66.0 Å². The number of aromatic nitrogens is 4. The van der Waals surface area contributed by atoms with Gasteiger partial charge in [-0.15, -0.1) is 11.8 Å². The van der Waals surface area contributed by atoms with Crippen molar-refractivity contribution in [3.05, 3.63) is 24.1 Å². The quantitative estimate of drug-likeness (QED) is 0.804. The third-order valence-electron chi connectivity index (χ3n) is 3.96. The van der Waals surface area contributed by atoms with E-state index in [4.69, 9.17) is 9.26 Å². The van der Waals surface area contributed by atoms with Crippen molar-refractivity contribution in [2.24, 2.45) is 7.05 Å². The Balaban J connectivity index is 1.40. The molecule has 4 heterocycles. The summed E-state index contributed by atoms with van der Waals surface area (Å²) >= 11 is 1.65. The molecule has 3 atom stereocenters. The maximum absolute atomic E-state index is 5.84. The molecule has 0 N–H and O–H groups in total. The largest absolute Gasteiger partial charge is 0.374 e. The zero-order valence-electron chi connectivity index (χ0n) is 11.2. The van der Waals surface area contributed by atoms with Crippen LogP contribution in [0.25, 0.3) is 0 Å². The van der Waals surface area contributed by atoms with Gasteiger partial charge in [0.15, 0.2) is 5.82 Å². The van der Waals surface area contributed by atoms with Gasteiger partial charge in [-0.25, -0.2) is 0 Å². The van der Waals surface area contributed by atoms with Crippen LogP contribution >= 0.6 is 11.8 Å². The van der Waals surface area contributed by atoms with E-state index in [0.717, 1.165) is 23.6 Å². The zero-order valence-corrected chi connectivity index (χ0v) is 12.0. The lowest BCUT2D eigenvalue weighted by molar-refractivity contribution is 0.0996. The number of fused-ring (bicyclic) bond motifs is 2. The molecule has 0 aliphatic carbocycles. The second-order valence-corrected chi connectivity index (χ2v) is 6.45. The average molecular weight is 292 g/mol. The van der Waals surface area contributed by atoms with Crippen molar-refractivity contribution >= 4 is 11.8 Å². The standard InChI is InChI=1S/C13H16N4O2S/c1-17-6-9(5-14-17)20-7-12-15-13(16-19-12)10-4-8-2-3-11(10)18-8/h5-6,8,10-11H,2-4,7H2,1H3/t8-,10+,11+/m0/s1. The fraction of sp³-hybridized carbons (Fsp3) is 0.615. The Labute approximate surface area is 120 Å². The van der Waals surface area contributed by atoms with Crippen LogP contribution in [-0.2, 0) is 17.5 Å². The van der Waals surface area contributed by atoms with Crippen LogP contribution in [0.5, 0.6) is 0 Å². The molecule has 4 rings (SSSR count). The smallest absolute Gasteiger partial charge is 0.237 e. The molecule has 2 fully saturated rings. The van der Waals surface area contributed by atoms with Gasteiger partial charge in [-0.3, -0.25) is 4.68 Å². The van der Waals surface area contributed by atoms with Gasteiger partial charge in [-0.1, -0.05) is 5.16 Å². The van der Waals surface area contributed by atoms with Crippen LogP contribution in [0.3, 0.4) is 0 Å². The van der Waals surface area contributed by atoms with Crippen molar-refractivity contribution in [3.8, 4) is 0 Å². The minimum Gasteiger partial charge on any atom is -0.374 e. The van der Waals surface area contributed by atoms with Gasteiger partial charge in [0.2, 0.25) is 5.89 Å². The number of ether oxygens (including phenoxy) is 1. The first-order chi connectivity index (χ1) is 9.78. The molecule has 0 saturated carbocycles. The fourth-order valence-corrected chi connectivity index (χ4v) is 3.76. The zero-order chi connectivity index (χ0) is 13.5. The normalized spacial score (nSPS) is 28.4. The molecule has 2 bridgehead atoms. The van der Waals surface area contributed by atoms with Crippen molar-refractivity contribution < 1.29 is 9.26 Å². The van der Waals surface area contributed by atoms with Crippen molar-refractivity contribution in [1.29, 1.82) is 0 Å². The van der Waals surface area contributed by atoms with E-state index in [1.807, 2.05) is 19.4 Å². The summed E-state index contributed by atoms with van der Waals surface area (Å²) in [4.78, 5) is 5.63. The predicted molar refractivity (Wildman–Crippen MR) is 72.3 cm³/mol. The van der Waals surface area contributed by atoms with Gasteiger partial charge in [-0.2, -0.15) is 10.1 Å². The summed E-state index contributed by atoms with van der Waals surface area (Å²) < 4.78 is 13.0. The maximum atomic E-state index is 5.84. The predicted octanol–water partition coefficient (Wildman–Crippen LogP) is 2.13. The molecule has 7 heteroatoms. The van der Waals surface area contributed by atoms with Crippen LogP contribution in [0, 0.1) is 0 Å². The molecule has 0 radical (unpaired) electrons. The van der Waals surface area contributed by atoms with E-state index in [2.05, 4.69) is 15.2 Å². The molecule has 0 spiro atoms. The molecule has 2 aromatic heterocycles. The molecular formula is C13H16N4O2S. The summed E-state index contributed by atoms with van der Waals surface area (Å²) in [6, 6.07) is 0. The monoisotopic (exact) mass is 292 g/mol. The van der Waals surface area contributed by atoms with Gasteiger partial charge in [0, 0.05) is 18.1 Å². The molecule has 2 aromatic rings. The second-order valence-electron chi connectivity index (χ2n) is 5.40. The minimum absolute atomic E-state index is 0.302. The summed E-state index contributed by atoms with van der Waals surface area (Å²) in [7, 11) is 1.91. The Kier molecular flexibility index (Phi) is 3.03. The van der Waals surface area contributed by atoms with Crippen LogP contribution in [0.4, 0.5) is 0 Å². The molecule has 0 aromatic carbocycles. The van der Waals surface area contributed by atoms with E-state index in [1.165, 1.54) is 6.42 Å². The molecule has 6 nitrogen and oxygen atoms in total. The van der Waals surface area contributed by atoms with Crippen LogP contribution < -0.4 is 0 Å². The van der Waals surface area contributed by atoms with E-state index in [0.29, 0.717) is 29.8 Å². The molecule has 106 valence electrons. The van der Waals surface area contributed by atoms with Gasteiger partial charge < -0.3 is 9.26 Å². The molecule has 2 saturated heterocycles. The second kappa shape index (κ2) is 4.89. The minimum atomic E-state index is 0.302. The van der Waals surface area contributed by atoms with Crippen LogP contribution in [0.2, 0.25) is 0 Å². The summed E-state index contributed by atoms with van der Waals surface area (Å²) in [6.45, 7) is 0. The van der Waals surface area contributed by atoms with E-state index in [9.17, 15) is 0 Å². The summed E-state index contributed by atoms with van der Waals surface area (Å²) in [5.74, 6) is 2.51. The van der Waals surface area contributed by atoms with E-state index < -0.39 is 0 Å². The SMILES string of the molecule is Cn1cc(SCc2nc([C@@H]3C[C@@H]4CC[C@H]3O4)no2)cn1. The molecule has 2 aliphatic heterocycles. The van der Waals surface area contributed by atoms with Gasteiger partial charge in [0.25, 0.3) is 0 Å². The highest BCUT2D eigenvalue weighted by atomic mass is 32.2. The van der Waals surface area contributed by atoms with Crippen LogP contribution in [0.1, 0.15) is 36.9 Å². The van der Waals surface area contributed by atoms with E-state index >= 15 is 0 Å². The molecule has 20 heavy (non-hydrogen) atoms. The average Bonchev–Trinajstić information content (AvgIpc) is 3.20. The molecular weight excluding hydrogens is 276 g/mol. The molecule has 2 aliphatic rings. The first kappa shape index (κ1) is 12.4. The van der Waals surface area contributed by atoms with Gasteiger partial charge >= 0.3 is 0 Å². The van der Waals surface area contributed by atoms with Crippen LogP contribution in [0.15, 0.2) is 21.8 Å². The van der Waals surface area contributed by atoms with Gasteiger partial charge in [0.1, 0.15) is 0 Å². The van der Waals surface area contributed by atoms with Crippen LogP contribution in [-0.4, -0.2) is 32.1 Å². The summed E-state index contributed by atoms with van der Waals surface area (Å²) in [6.07, 6.45) is 7.89. The lowest BCUT2D eigenvalue weighted by atomic mass is 9.89. The number of nitrogens with zero attached hydrogens (tertiary/aromatic N) is 4. The lowest BCUT2D eigenvalue weighted by Crippen LogP contribution is -2.15. The van der Waals surface area contributed by atoms with Crippen molar-refractivity contribution in [2.75, 3.05) is 0 Å². The summed E-state index contributed by atoms with van der Waals surface area (Å²) in [5.41, 5.74) is 0. The third kappa shape index (κ3) is 2.25. The Morgan fingerprint density at radius 3 is 3.10 bits per heavy atom. The number of hydrogen-bond acceptors (Lipinski definition) is 6. The lowest BCUT2D eigenvalue weighted by Gasteiger charge is -2.13. The Hall–Kier alpha value is -1.34. The number of thioether (sulfide) groups is 1. The number of rotatable bonds is 4. The molecule has 0 unspecified atom stereocenters. The Bertz CT molecular complexity index is 611. The maximum Gasteiger partial charge on any atom is 0.237 e. The molecule has 0 amide bonds. The first-order valence-electron chi connectivity index (χ1n) is 6.87. The van der Waals surface area contributed by atoms with Gasteiger partial charge in [-0.05, 0) is 19.3 Å². The first-order valence-corrected chi connectivity index (χ1v) is 7.86. The highest BCUT2D eigenvalue weighted by Crippen LogP contribution is 2.43. The Morgan fingerprint density at radius 1 is 1.45 bits per heavy atom. The Morgan fingerprint density at radius 2 is 2.40 bits per heavy atom. The van der Waals surface area contributed by atoms with Crippen molar-refractivity contribution in [3.63, 3.8) is 0 Å². The summed E-state index contributed by atoms with van der Waals surface area (Å²) in [5, 5.41) is 8.27.